The standard InChI is InChI=1S/C8H19BO3/c1-7(2,3)11-9(10)12-8(4,5)6/h10H,1-6H3. The number of rotatable bonds is 2. The van der Waals surface area contributed by atoms with Crippen LogP contribution in [0.15, 0.2) is 0 Å². The van der Waals surface area contributed by atoms with Gasteiger partial charge in [-0.1, -0.05) is 0 Å². The quantitative estimate of drug-likeness (QED) is 0.646. The van der Waals surface area contributed by atoms with Gasteiger partial charge in [-0.15, -0.1) is 0 Å². The van der Waals surface area contributed by atoms with Crippen molar-refractivity contribution in [3.05, 3.63) is 0 Å². The minimum atomic E-state index is -1.15. The molecule has 4 heteroatoms. The van der Waals surface area contributed by atoms with Gasteiger partial charge in [0.1, 0.15) is 0 Å². The Bertz CT molecular complexity index is 118. The number of hydrogen-bond donors (Lipinski definition) is 1. The van der Waals surface area contributed by atoms with Crippen LogP contribution >= 0.6 is 0 Å². The molecule has 0 rings (SSSR count). The van der Waals surface area contributed by atoms with E-state index in [4.69, 9.17) is 9.31 Å². The molecule has 0 fully saturated rings. The molecular formula is C8H19BO3. The van der Waals surface area contributed by atoms with Gasteiger partial charge in [-0.05, 0) is 41.5 Å². The van der Waals surface area contributed by atoms with Crippen LogP contribution < -0.4 is 0 Å². The van der Waals surface area contributed by atoms with Crippen molar-refractivity contribution in [2.75, 3.05) is 0 Å². The highest BCUT2D eigenvalue weighted by molar-refractivity contribution is 6.34. The first-order valence-corrected chi connectivity index (χ1v) is 4.14. The molecule has 0 radical (unpaired) electrons. The van der Waals surface area contributed by atoms with Crippen LogP contribution in [0, 0.1) is 0 Å². The predicted molar refractivity (Wildman–Crippen MR) is 49.6 cm³/mol. The van der Waals surface area contributed by atoms with Crippen LogP contribution in [0.5, 0.6) is 0 Å². The van der Waals surface area contributed by atoms with Gasteiger partial charge >= 0.3 is 7.32 Å². The highest BCUT2D eigenvalue weighted by atomic mass is 16.7. The molecule has 3 nitrogen and oxygen atoms in total. The van der Waals surface area contributed by atoms with Gasteiger partial charge < -0.3 is 14.3 Å². The average Bonchev–Trinajstić information content (AvgIpc) is 1.49. The lowest BCUT2D eigenvalue weighted by Gasteiger charge is -2.26. The van der Waals surface area contributed by atoms with Gasteiger partial charge in [0, 0.05) is 11.2 Å². The van der Waals surface area contributed by atoms with Crippen molar-refractivity contribution in [1.82, 2.24) is 0 Å². The molecule has 0 heterocycles. The van der Waals surface area contributed by atoms with Crippen molar-refractivity contribution in [1.29, 1.82) is 0 Å². The fraction of sp³-hybridized carbons (Fsp3) is 1.00. The van der Waals surface area contributed by atoms with Crippen LogP contribution in [0.3, 0.4) is 0 Å². The van der Waals surface area contributed by atoms with Crippen molar-refractivity contribution >= 4 is 7.32 Å². The maximum absolute atomic E-state index is 9.28. The first kappa shape index (κ1) is 11.9. The lowest BCUT2D eigenvalue weighted by Crippen LogP contribution is -2.38. The monoisotopic (exact) mass is 174 g/mol. The third-order valence-corrected chi connectivity index (χ3v) is 0.909. The second-order valence-corrected chi connectivity index (χ2v) is 4.77. The van der Waals surface area contributed by atoms with Gasteiger partial charge in [-0.3, -0.25) is 0 Å². The van der Waals surface area contributed by atoms with Crippen molar-refractivity contribution in [3.8, 4) is 0 Å². The van der Waals surface area contributed by atoms with E-state index in [1.165, 1.54) is 0 Å². The van der Waals surface area contributed by atoms with Gasteiger partial charge in [0.2, 0.25) is 0 Å². The summed E-state index contributed by atoms with van der Waals surface area (Å²) in [5.74, 6) is 0. The molecule has 0 aromatic heterocycles. The first-order chi connectivity index (χ1) is 5.10. The predicted octanol–water partition coefficient (Wildman–Crippen LogP) is 1.59. The van der Waals surface area contributed by atoms with E-state index in [1.807, 2.05) is 41.5 Å². The number of hydrogen-bond acceptors (Lipinski definition) is 3. The third kappa shape index (κ3) is 8.05. The van der Waals surface area contributed by atoms with Crippen molar-refractivity contribution in [2.24, 2.45) is 0 Å². The van der Waals surface area contributed by atoms with Gasteiger partial charge in [0.05, 0.1) is 0 Å². The maximum atomic E-state index is 9.28. The molecule has 0 aliphatic rings. The van der Waals surface area contributed by atoms with E-state index >= 15 is 0 Å². The summed E-state index contributed by atoms with van der Waals surface area (Å²) in [6.45, 7) is 11.2. The van der Waals surface area contributed by atoms with Crippen LogP contribution in [-0.4, -0.2) is 23.5 Å². The SMILES string of the molecule is CC(C)(C)OB(O)OC(C)(C)C. The van der Waals surface area contributed by atoms with Crippen LogP contribution in [0.4, 0.5) is 0 Å². The average molecular weight is 174 g/mol. The zero-order chi connectivity index (χ0) is 9.99. The minimum absolute atomic E-state index is 0.384. The minimum Gasteiger partial charge on any atom is -0.402 e. The smallest absolute Gasteiger partial charge is 0.402 e. The second kappa shape index (κ2) is 3.77. The Balaban J connectivity index is 3.83. The van der Waals surface area contributed by atoms with Gasteiger partial charge in [-0.2, -0.15) is 0 Å². The highest BCUT2D eigenvalue weighted by Crippen LogP contribution is 2.13. The molecule has 12 heavy (non-hydrogen) atoms. The van der Waals surface area contributed by atoms with E-state index in [9.17, 15) is 5.02 Å². The summed E-state index contributed by atoms with van der Waals surface area (Å²) in [7, 11) is -1.15. The normalized spacial score (nSPS) is 13.2. The second-order valence-electron chi connectivity index (χ2n) is 4.77. The van der Waals surface area contributed by atoms with E-state index in [0.717, 1.165) is 0 Å². The maximum Gasteiger partial charge on any atom is 0.637 e. The Morgan fingerprint density at radius 1 is 0.833 bits per heavy atom. The topological polar surface area (TPSA) is 38.7 Å². The molecule has 1 N–H and O–H groups in total. The van der Waals surface area contributed by atoms with Crippen LogP contribution in [0.1, 0.15) is 41.5 Å². The van der Waals surface area contributed by atoms with Crippen LogP contribution in [-0.2, 0) is 9.31 Å². The molecule has 0 atom stereocenters. The van der Waals surface area contributed by atoms with Gasteiger partial charge in [0.25, 0.3) is 0 Å². The Kier molecular flexibility index (Phi) is 3.75. The lowest BCUT2D eigenvalue weighted by molar-refractivity contribution is -0.00201. The molecular weight excluding hydrogens is 155 g/mol. The summed E-state index contributed by atoms with van der Waals surface area (Å²) in [5.41, 5.74) is -0.769. The summed E-state index contributed by atoms with van der Waals surface area (Å²) < 4.78 is 10.3. The summed E-state index contributed by atoms with van der Waals surface area (Å²) in [5, 5.41) is 9.28. The molecule has 0 aliphatic heterocycles. The molecule has 0 spiro atoms. The molecule has 0 aromatic carbocycles. The first-order valence-electron chi connectivity index (χ1n) is 4.14. The molecule has 0 bridgehead atoms. The molecule has 0 aliphatic carbocycles. The lowest BCUT2D eigenvalue weighted by atomic mass is 10.1. The molecule has 0 saturated carbocycles. The summed E-state index contributed by atoms with van der Waals surface area (Å²) >= 11 is 0. The Labute approximate surface area is 75.2 Å². The van der Waals surface area contributed by atoms with E-state index in [2.05, 4.69) is 0 Å². The Morgan fingerprint density at radius 2 is 1.08 bits per heavy atom. The third-order valence-electron chi connectivity index (χ3n) is 0.909. The fourth-order valence-electron chi connectivity index (χ4n) is 0.629. The summed E-state index contributed by atoms with van der Waals surface area (Å²) in [4.78, 5) is 0. The molecule has 0 amide bonds. The highest BCUT2D eigenvalue weighted by Gasteiger charge is 2.28. The fourth-order valence-corrected chi connectivity index (χ4v) is 0.629. The molecule has 0 unspecified atom stereocenters. The van der Waals surface area contributed by atoms with E-state index < -0.39 is 7.32 Å². The van der Waals surface area contributed by atoms with E-state index in [1.54, 1.807) is 0 Å². The zero-order valence-electron chi connectivity index (χ0n) is 8.84. The van der Waals surface area contributed by atoms with Crippen LogP contribution in [0.25, 0.3) is 0 Å². The van der Waals surface area contributed by atoms with Crippen LogP contribution in [0.2, 0.25) is 0 Å². The molecule has 0 aromatic rings. The van der Waals surface area contributed by atoms with Gasteiger partial charge in [-0.25, -0.2) is 0 Å². The Hall–Kier alpha value is -0.0551. The zero-order valence-corrected chi connectivity index (χ0v) is 8.84. The van der Waals surface area contributed by atoms with Crippen molar-refractivity contribution in [3.63, 3.8) is 0 Å². The van der Waals surface area contributed by atoms with Gasteiger partial charge in [0.15, 0.2) is 0 Å². The Morgan fingerprint density at radius 3 is 1.25 bits per heavy atom. The van der Waals surface area contributed by atoms with E-state index in [-0.39, 0.29) is 11.2 Å². The molecule has 0 saturated heterocycles. The van der Waals surface area contributed by atoms with E-state index in [0.29, 0.717) is 0 Å². The van der Waals surface area contributed by atoms with Crippen molar-refractivity contribution in [2.45, 2.75) is 52.7 Å². The van der Waals surface area contributed by atoms with Crippen molar-refractivity contribution < 1.29 is 14.3 Å². The molecule has 72 valence electrons. The summed E-state index contributed by atoms with van der Waals surface area (Å²) in [6, 6.07) is 0. The largest absolute Gasteiger partial charge is 0.637 e. The summed E-state index contributed by atoms with van der Waals surface area (Å²) in [6.07, 6.45) is 0.